The fraction of sp³-hybridized carbons (Fsp3) is 0.370. The minimum absolute atomic E-state index is 0.102. The summed E-state index contributed by atoms with van der Waals surface area (Å²) < 4.78 is 20.6. The third-order valence-corrected chi connectivity index (χ3v) is 7.83. The Labute approximate surface area is 340 Å². The molecule has 12 heteroatoms. The molecule has 0 aliphatic carbocycles. The summed E-state index contributed by atoms with van der Waals surface area (Å²) in [5, 5.41) is 10.6. The lowest BCUT2D eigenvalue weighted by Gasteiger charge is -2.19. The molecule has 4 aromatic rings. The van der Waals surface area contributed by atoms with Crippen LogP contribution in [0.1, 0.15) is 148 Å². The number of carbonyl (C=O) groups excluding carboxylic acids is 5. The molecule has 4 rings (SSSR count). The van der Waals surface area contributed by atoms with Gasteiger partial charge in [0.15, 0.2) is 5.78 Å². The van der Waals surface area contributed by atoms with Crippen LogP contribution in [-0.4, -0.2) is 69.2 Å². The maximum atomic E-state index is 12.5. The number of aromatic nitrogens is 2. The van der Waals surface area contributed by atoms with Gasteiger partial charge in [0.05, 0.1) is 30.4 Å². The zero-order valence-corrected chi connectivity index (χ0v) is 35.0. The Hall–Kier alpha value is -6.01. The Bertz CT molecular complexity index is 2090. The van der Waals surface area contributed by atoms with Gasteiger partial charge in [-0.1, -0.05) is 30.3 Å². The first-order chi connectivity index (χ1) is 27.2. The molecular formula is C46H54N2O10. The number of aliphatic hydroxyl groups excluding tert-OH is 1. The number of ketones is 1. The molecule has 0 fully saturated rings. The maximum absolute atomic E-state index is 12.5. The molecule has 0 bridgehead atoms. The van der Waals surface area contributed by atoms with Gasteiger partial charge in [0.1, 0.15) is 22.6 Å². The van der Waals surface area contributed by atoms with E-state index in [4.69, 9.17) is 18.9 Å². The molecule has 0 radical (unpaired) electrons. The monoisotopic (exact) mass is 794 g/mol. The number of hydrogen-bond acceptors (Lipinski definition) is 12. The van der Waals surface area contributed by atoms with Crippen LogP contribution < -0.4 is 0 Å². The van der Waals surface area contributed by atoms with Crippen molar-refractivity contribution in [3.8, 4) is 0 Å². The van der Waals surface area contributed by atoms with E-state index < -0.39 is 35.2 Å². The SMILES string of the molecule is CCOC(=O)c1cc(C(=O)C=Cc2ccc(C(=O)OC(C)(C)C)cc2)cc(C)n1.CCOC(=O)c1cc(C(O)CCc2ccc(C(=O)OC(C)(C)C)cc2)cc(C)n1. The Kier molecular flexibility index (Phi) is 16.7. The van der Waals surface area contributed by atoms with Crippen molar-refractivity contribution < 1.29 is 48.0 Å². The molecule has 308 valence electrons. The number of ether oxygens (including phenoxy) is 4. The largest absolute Gasteiger partial charge is 0.461 e. The standard InChI is InChI=1S/C23H29NO5.C23H25NO5/c2*1-6-28-22(27)19-14-18(13-15(2)24-19)20(25)12-9-16-7-10-17(11-8-16)21(26)29-23(3,4)5/h7-8,10-11,13-14,20,25H,6,9,12H2,1-5H3;7-14H,6H2,1-5H3. The maximum Gasteiger partial charge on any atom is 0.356 e. The van der Waals surface area contributed by atoms with E-state index in [0.717, 1.165) is 11.1 Å². The fourth-order valence-electron chi connectivity index (χ4n) is 5.27. The summed E-state index contributed by atoms with van der Waals surface area (Å²) in [5.41, 5.74) is 4.05. The van der Waals surface area contributed by atoms with Crippen LogP contribution in [0.3, 0.4) is 0 Å². The molecule has 0 spiro atoms. The quantitative estimate of drug-likeness (QED) is 0.0593. The lowest BCUT2D eigenvalue weighted by molar-refractivity contribution is 0.00570. The van der Waals surface area contributed by atoms with Gasteiger partial charge in [-0.3, -0.25) is 4.79 Å². The highest BCUT2D eigenvalue weighted by atomic mass is 16.6. The highest BCUT2D eigenvalue weighted by Crippen LogP contribution is 2.22. The minimum Gasteiger partial charge on any atom is -0.461 e. The lowest BCUT2D eigenvalue weighted by Crippen LogP contribution is -2.23. The van der Waals surface area contributed by atoms with E-state index in [1.165, 1.54) is 12.1 Å². The second kappa shape index (κ2) is 20.9. The molecule has 12 nitrogen and oxygen atoms in total. The number of allylic oxidation sites excluding steroid dienone is 1. The molecule has 1 N–H and O–H groups in total. The third kappa shape index (κ3) is 15.5. The number of carbonyl (C=O) groups is 5. The van der Waals surface area contributed by atoms with Crippen LogP contribution in [0, 0.1) is 13.8 Å². The summed E-state index contributed by atoms with van der Waals surface area (Å²) in [6, 6.07) is 20.3. The van der Waals surface area contributed by atoms with Crippen LogP contribution in [0.25, 0.3) is 6.08 Å². The van der Waals surface area contributed by atoms with Crippen LogP contribution in [-0.2, 0) is 25.4 Å². The topological polar surface area (TPSA) is 168 Å². The smallest absolute Gasteiger partial charge is 0.356 e. The van der Waals surface area contributed by atoms with Gasteiger partial charge in [-0.15, -0.1) is 0 Å². The second-order valence-electron chi connectivity index (χ2n) is 15.3. The van der Waals surface area contributed by atoms with Crippen molar-refractivity contribution in [3.63, 3.8) is 0 Å². The average Bonchev–Trinajstić information content (AvgIpc) is 3.15. The van der Waals surface area contributed by atoms with E-state index in [1.54, 1.807) is 88.4 Å². The molecule has 0 amide bonds. The summed E-state index contributed by atoms with van der Waals surface area (Å²) >= 11 is 0. The number of esters is 4. The van der Waals surface area contributed by atoms with Crippen LogP contribution in [0.4, 0.5) is 0 Å². The van der Waals surface area contributed by atoms with Crippen LogP contribution in [0.15, 0.2) is 78.9 Å². The highest BCUT2D eigenvalue weighted by molar-refractivity contribution is 6.07. The Balaban J connectivity index is 0.000000310. The van der Waals surface area contributed by atoms with Gasteiger partial charge in [-0.25, -0.2) is 29.1 Å². The Morgan fingerprint density at radius 1 is 0.638 bits per heavy atom. The lowest BCUT2D eigenvalue weighted by atomic mass is 10.00. The first-order valence-electron chi connectivity index (χ1n) is 19.1. The van der Waals surface area contributed by atoms with Gasteiger partial charge >= 0.3 is 23.9 Å². The van der Waals surface area contributed by atoms with Crippen LogP contribution in [0.5, 0.6) is 0 Å². The first-order valence-corrected chi connectivity index (χ1v) is 19.1. The molecule has 0 aliphatic rings. The van der Waals surface area contributed by atoms with Crippen molar-refractivity contribution in [2.24, 2.45) is 0 Å². The number of rotatable bonds is 13. The molecule has 0 aliphatic heterocycles. The zero-order valence-electron chi connectivity index (χ0n) is 35.0. The van der Waals surface area contributed by atoms with Gasteiger partial charge in [0.25, 0.3) is 0 Å². The number of aryl methyl sites for hydroxylation is 3. The van der Waals surface area contributed by atoms with E-state index in [-0.39, 0.29) is 36.4 Å². The number of pyridine rings is 2. The molecule has 2 aromatic heterocycles. The van der Waals surface area contributed by atoms with Gasteiger partial charge < -0.3 is 24.1 Å². The summed E-state index contributed by atoms with van der Waals surface area (Å²) in [4.78, 5) is 68.7. The van der Waals surface area contributed by atoms with Crippen molar-refractivity contribution in [1.82, 2.24) is 9.97 Å². The molecule has 0 saturated carbocycles. The van der Waals surface area contributed by atoms with Crippen molar-refractivity contribution in [1.29, 1.82) is 0 Å². The van der Waals surface area contributed by atoms with Gasteiger partial charge in [-0.05, 0) is 153 Å². The normalized spacial score (nSPS) is 11.8. The van der Waals surface area contributed by atoms with Crippen molar-refractivity contribution in [2.75, 3.05) is 13.2 Å². The van der Waals surface area contributed by atoms with Gasteiger partial charge in [-0.2, -0.15) is 0 Å². The van der Waals surface area contributed by atoms with Crippen molar-refractivity contribution in [2.45, 2.75) is 99.4 Å². The first kappa shape index (κ1) is 46.4. The predicted molar refractivity (Wildman–Crippen MR) is 220 cm³/mol. The zero-order chi connectivity index (χ0) is 43.2. The molecule has 2 heterocycles. The molecule has 58 heavy (non-hydrogen) atoms. The van der Waals surface area contributed by atoms with E-state index in [2.05, 4.69) is 9.97 Å². The second-order valence-corrected chi connectivity index (χ2v) is 15.3. The molecule has 0 saturated heterocycles. The van der Waals surface area contributed by atoms with E-state index in [9.17, 15) is 29.1 Å². The van der Waals surface area contributed by atoms with E-state index in [0.29, 0.717) is 46.5 Å². The van der Waals surface area contributed by atoms with Crippen LogP contribution >= 0.6 is 0 Å². The van der Waals surface area contributed by atoms with Gasteiger partial charge in [0.2, 0.25) is 0 Å². The number of hydrogen-bond donors (Lipinski definition) is 1. The Morgan fingerprint density at radius 3 is 1.59 bits per heavy atom. The summed E-state index contributed by atoms with van der Waals surface area (Å²) in [7, 11) is 0. The molecular weight excluding hydrogens is 741 g/mol. The molecule has 1 unspecified atom stereocenters. The molecule has 1 atom stereocenters. The highest BCUT2D eigenvalue weighted by Gasteiger charge is 2.20. The summed E-state index contributed by atoms with van der Waals surface area (Å²) in [6.45, 7) is 18.3. The average molecular weight is 795 g/mol. The number of benzene rings is 2. The van der Waals surface area contributed by atoms with Gasteiger partial charge in [0, 0.05) is 17.0 Å². The van der Waals surface area contributed by atoms with Crippen molar-refractivity contribution in [3.05, 3.63) is 135 Å². The minimum atomic E-state index is -0.740. The fourth-order valence-corrected chi connectivity index (χ4v) is 5.27. The predicted octanol–water partition coefficient (Wildman–Crippen LogP) is 8.61. The number of nitrogens with zero attached hydrogens (tertiary/aromatic N) is 2. The molecule has 2 aromatic carbocycles. The summed E-state index contributed by atoms with van der Waals surface area (Å²) in [6.07, 6.45) is 3.40. The summed E-state index contributed by atoms with van der Waals surface area (Å²) in [5.74, 6) is -2.09. The van der Waals surface area contributed by atoms with E-state index >= 15 is 0 Å². The van der Waals surface area contributed by atoms with Crippen LogP contribution in [0.2, 0.25) is 0 Å². The number of aliphatic hydroxyl groups is 1. The van der Waals surface area contributed by atoms with E-state index in [1.807, 2.05) is 53.7 Å². The Morgan fingerprint density at radius 2 is 1.10 bits per heavy atom. The van der Waals surface area contributed by atoms with Crippen molar-refractivity contribution >= 4 is 35.7 Å². The third-order valence-electron chi connectivity index (χ3n) is 7.83.